The number of hydrogen-bond acceptors (Lipinski definition) is 3. The van der Waals surface area contributed by atoms with Crippen LogP contribution in [0.1, 0.15) is 26.2 Å². The summed E-state index contributed by atoms with van der Waals surface area (Å²) in [5.74, 6) is 1.50. The third-order valence-electron chi connectivity index (χ3n) is 3.23. The van der Waals surface area contributed by atoms with Gasteiger partial charge in [-0.1, -0.05) is 25.1 Å². The fraction of sp³-hybridized carbons (Fsp3) is 0.727. The smallest absolute Gasteiger partial charge is 0.165 e. The highest BCUT2D eigenvalue weighted by Gasteiger charge is 2.28. The maximum absolute atomic E-state index is 5.82. The molecule has 0 aliphatic heterocycles. The molecule has 2 rings (SSSR count). The molecule has 1 fully saturated rings. The van der Waals surface area contributed by atoms with Gasteiger partial charge in [-0.3, -0.25) is 0 Å². The summed E-state index contributed by atoms with van der Waals surface area (Å²) in [7, 11) is 0. The third kappa shape index (κ3) is 2.75. The molecule has 0 amide bonds. The fourth-order valence-electron chi connectivity index (χ4n) is 2.26. The molecule has 1 saturated carbocycles. The van der Waals surface area contributed by atoms with E-state index in [0.717, 1.165) is 17.6 Å². The highest BCUT2D eigenvalue weighted by Crippen LogP contribution is 2.38. The van der Waals surface area contributed by atoms with Crippen LogP contribution in [0.3, 0.4) is 0 Å². The quantitative estimate of drug-likeness (QED) is 0.829. The zero-order valence-corrected chi connectivity index (χ0v) is 9.96. The van der Waals surface area contributed by atoms with Gasteiger partial charge in [0.2, 0.25) is 0 Å². The molecule has 1 heterocycles. The van der Waals surface area contributed by atoms with Crippen molar-refractivity contribution < 1.29 is 0 Å². The second-order valence-corrected chi connectivity index (χ2v) is 5.69. The Bertz CT molecular complexity index is 286. The second-order valence-electron chi connectivity index (χ2n) is 4.46. The topological polar surface area (TPSA) is 54.7 Å². The Labute approximate surface area is 95.2 Å². The molecule has 84 valence electrons. The summed E-state index contributed by atoms with van der Waals surface area (Å²) in [5.41, 5.74) is 5.82. The zero-order valence-electron chi connectivity index (χ0n) is 9.15. The minimum Gasteiger partial charge on any atom is -0.340 e. The van der Waals surface area contributed by atoms with Crippen LogP contribution in [0.2, 0.25) is 0 Å². The summed E-state index contributed by atoms with van der Waals surface area (Å²) < 4.78 is 0. The van der Waals surface area contributed by atoms with E-state index in [1.165, 1.54) is 19.3 Å². The van der Waals surface area contributed by atoms with E-state index in [1.54, 1.807) is 0 Å². The van der Waals surface area contributed by atoms with Crippen LogP contribution in [0.5, 0.6) is 0 Å². The highest BCUT2D eigenvalue weighted by molar-refractivity contribution is 7.99. The number of hydrogen-bond donors (Lipinski definition) is 2. The van der Waals surface area contributed by atoms with Crippen molar-refractivity contribution in [2.75, 3.05) is 6.54 Å². The number of rotatable bonds is 3. The second kappa shape index (κ2) is 5.03. The monoisotopic (exact) mass is 225 g/mol. The molecule has 0 radical (unpaired) electrons. The molecule has 1 aliphatic carbocycles. The minimum absolute atomic E-state index is 0.643. The van der Waals surface area contributed by atoms with Gasteiger partial charge in [0.05, 0.1) is 0 Å². The Kier molecular flexibility index (Phi) is 3.70. The average Bonchev–Trinajstić information content (AvgIpc) is 2.71. The van der Waals surface area contributed by atoms with Crippen LogP contribution >= 0.6 is 11.8 Å². The molecule has 0 saturated heterocycles. The Balaban J connectivity index is 1.98. The van der Waals surface area contributed by atoms with Crippen LogP contribution in [0, 0.1) is 11.8 Å². The van der Waals surface area contributed by atoms with Gasteiger partial charge in [0.25, 0.3) is 0 Å². The number of H-pyrrole nitrogens is 1. The molecular formula is C11H19N3S. The molecule has 1 aromatic heterocycles. The number of nitrogens with zero attached hydrogens (tertiary/aromatic N) is 1. The number of thioether (sulfide) groups is 1. The number of imidazole rings is 1. The van der Waals surface area contributed by atoms with Crippen LogP contribution in [0.15, 0.2) is 17.6 Å². The summed E-state index contributed by atoms with van der Waals surface area (Å²) in [6.45, 7) is 3.15. The van der Waals surface area contributed by atoms with E-state index in [1.807, 2.05) is 24.2 Å². The Hall–Kier alpha value is -0.480. The van der Waals surface area contributed by atoms with Crippen LogP contribution in [-0.2, 0) is 0 Å². The summed E-state index contributed by atoms with van der Waals surface area (Å²) in [6.07, 6.45) is 7.57. The lowest BCUT2D eigenvalue weighted by Crippen LogP contribution is -2.31. The maximum atomic E-state index is 5.82. The van der Waals surface area contributed by atoms with Crippen molar-refractivity contribution in [1.29, 1.82) is 0 Å². The van der Waals surface area contributed by atoms with Gasteiger partial charge in [0, 0.05) is 17.6 Å². The van der Waals surface area contributed by atoms with Crippen molar-refractivity contribution in [1.82, 2.24) is 9.97 Å². The van der Waals surface area contributed by atoms with Gasteiger partial charge in [-0.05, 0) is 31.2 Å². The van der Waals surface area contributed by atoms with Gasteiger partial charge < -0.3 is 10.7 Å². The molecule has 3 unspecified atom stereocenters. The van der Waals surface area contributed by atoms with Crippen LogP contribution in [0.4, 0.5) is 0 Å². The van der Waals surface area contributed by atoms with E-state index < -0.39 is 0 Å². The van der Waals surface area contributed by atoms with Crippen molar-refractivity contribution in [3.05, 3.63) is 12.4 Å². The van der Waals surface area contributed by atoms with Crippen molar-refractivity contribution in [2.45, 2.75) is 36.6 Å². The molecule has 4 heteroatoms. The number of aromatic nitrogens is 2. The van der Waals surface area contributed by atoms with Gasteiger partial charge in [-0.15, -0.1) is 0 Å². The predicted molar refractivity (Wildman–Crippen MR) is 63.8 cm³/mol. The van der Waals surface area contributed by atoms with Gasteiger partial charge in [-0.2, -0.15) is 0 Å². The summed E-state index contributed by atoms with van der Waals surface area (Å²) in [5, 5.41) is 1.68. The first-order chi connectivity index (χ1) is 7.29. The van der Waals surface area contributed by atoms with Crippen molar-refractivity contribution in [2.24, 2.45) is 17.6 Å². The largest absolute Gasteiger partial charge is 0.340 e. The fourth-order valence-corrected chi connectivity index (χ4v) is 3.67. The van der Waals surface area contributed by atoms with E-state index in [4.69, 9.17) is 5.73 Å². The SMILES string of the molecule is CC1CCC(CN)C(Sc2ncc[nH]2)C1. The van der Waals surface area contributed by atoms with Gasteiger partial charge >= 0.3 is 0 Å². The molecule has 0 bridgehead atoms. The summed E-state index contributed by atoms with van der Waals surface area (Å²) in [6, 6.07) is 0. The first kappa shape index (κ1) is 11.0. The molecule has 1 aliphatic rings. The van der Waals surface area contributed by atoms with E-state index >= 15 is 0 Å². The molecular weight excluding hydrogens is 206 g/mol. The standard InChI is InChI=1S/C11H19N3S/c1-8-2-3-9(7-12)10(6-8)15-11-13-4-5-14-11/h4-5,8-10H,2-3,6-7,12H2,1H3,(H,13,14). The zero-order chi connectivity index (χ0) is 10.7. The number of nitrogens with one attached hydrogen (secondary N) is 1. The summed E-state index contributed by atoms with van der Waals surface area (Å²) >= 11 is 1.86. The van der Waals surface area contributed by atoms with E-state index in [9.17, 15) is 0 Å². The van der Waals surface area contributed by atoms with Crippen LogP contribution < -0.4 is 5.73 Å². The molecule has 3 nitrogen and oxygen atoms in total. The lowest BCUT2D eigenvalue weighted by atomic mass is 9.82. The first-order valence-electron chi connectivity index (χ1n) is 5.65. The predicted octanol–water partition coefficient (Wildman–Crippen LogP) is 2.27. The summed E-state index contributed by atoms with van der Waals surface area (Å²) in [4.78, 5) is 7.43. The normalized spacial score (nSPS) is 31.7. The molecule has 3 atom stereocenters. The molecule has 0 aromatic carbocycles. The van der Waals surface area contributed by atoms with Crippen molar-refractivity contribution in [3.8, 4) is 0 Å². The Morgan fingerprint density at radius 2 is 2.47 bits per heavy atom. The van der Waals surface area contributed by atoms with Crippen molar-refractivity contribution >= 4 is 11.8 Å². The molecule has 0 spiro atoms. The van der Waals surface area contributed by atoms with Gasteiger partial charge in [0.15, 0.2) is 5.16 Å². The molecule has 3 N–H and O–H groups in total. The maximum Gasteiger partial charge on any atom is 0.165 e. The molecule has 1 aromatic rings. The Morgan fingerprint density at radius 3 is 3.13 bits per heavy atom. The third-order valence-corrected chi connectivity index (χ3v) is 4.56. The highest BCUT2D eigenvalue weighted by atomic mass is 32.2. The van der Waals surface area contributed by atoms with Gasteiger partial charge in [0.1, 0.15) is 0 Å². The number of aromatic amines is 1. The van der Waals surface area contributed by atoms with Crippen molar-refractivity contribution in [3.63, 3.8) is 0 Å². The lowest BCUT2D eigenvalue weighted by molar-refractivity contribution is 0.306. The average molecular weight is 225 g/mol. The van der Waals surface area contributed by atoms with Crippen LogP contribution in [-0.4, -0.2) is 21.8 Å². The lowest BCUT2D eigenvalue weighted by Gasteiger charge is -2.33. The first-order valence-corrected chi connectivity index (χ1v) is 6.53. The minimum atomic E-state index is 0.643. The number of nitrogens with two attached hydrogens (primary N) is 1. The molecule has 15 heavy (non-hydrogen) atoms. The van der Waals surface area contributed by atoms with E-state index in [2.05, 4.69) is 16.9 Å². The van der Waals surface area contributed by atoms with E-state index in [-0.39, 0.29) is 0 Å². The van der Waals surface area contributed by atoms with Crippen LogP contribution in [0.25, 0.3) is 0 Å². The van der Waals surface area contributed by atoms with E-state index in [0.29, 0.717) is 11.2 Å². The Morgan fingerprint density at radius 1 is 1.60 bits per heavy atom. The van der Waals surface area contributed by atoms with Gasteiger partial charge in [-0.25, -0.2) is 4.98 Å².